The molecule has 0 bridgehead atoms. The van der Waals surface area contributed by atoms with E-state index in [1.807, 2.05) is 25.1 Å². The molecular weight excluding hydrogens is 242 g/mol. The minimum atomic E-state index is 0.0666. The average molecular weight is 267 g/mol. The van der Waals surface area contributed by atoms with Crippen LogP contribution in [0.4, 0.5) is 0 Å². The highest BCUT2D eigenvalue weighted by molar-refractivity contribution is 5.40. The molecule has 0 spiro atoms. The predicted molar refractivity (Wildman–Crippen MR) is 76.7 cm³/mol. The van der Waals surface area contributed by atoms with Crippen LogP contribution in [0.5, 0.6) is 11.5 Å². The van der Waals surface area contributed by atoms with Gasteiger partial charge >= 0.3 is 0 Å². The maximum Gasteiger partial charge on any atom is 0.189 e. The van der Waals surface area contributed by atoms with Gasteiger partial charge in [-0.15, -0.1) is 0 Å². The highest BCUT2D eigenvalue weighted by Crippen LogP contribution is 2.25. The Labute approximate surface area is 116 Å². The second kappa shape index (κ2) is 7.36. The largest absolute Gasteiger partial charge is 0.497 e. The van der Waals surface area contributed by atoms with Gasteiger partial charge in [-0.25, -0.2) is 0 Å². The Bertz CT molecular complexity index is 385. The number of rotatable bonds is 7. The number of methoxy groups -OCH3 is 1. The molecule has 19 heavy (non-hydrogen) atoms. The van der Waals surface area contributed by atoms with Crippen molar-refractivity contribution in [3.05, 3.63) is 23.8 Å². The number of hydrogen-bond donors (Lipinski definition) is 1. The number of ether oxygens (including phenoxy) is 3. The van der Waals surface area contributed by atoms with E-state index in [-0.39, 0.29) is 12.3 Å². The van der Waals surface area contributed by atoms with Gasteiger partial charge in [-0.1, -0.05) is 6.07 Å². The molecule has 0 saturated carbocycles. The van der Waals surface area contributed by atoms with Crippen LogP contribution in [0, 0.1) is 0 Å². The molecule has 1 aromatic rings. The van der Waals surface area contributed by atoms with Gasteiger partial charge in [-0.2, -0.15) is 0 Å². The van der Waals surface area contributed by atoms with Crippen molar-refractivity contribution in [2.24, 2.45) is 0 Å². The van der Waals surface area contributed by atoms with Gasteiger partial charge in [-0.05, 0) is 33.8 Å². The van der Waals surface area contributed by atoms with Crippen LogP contribution in [0.3, 0.4) is 0 Å². The maximum atomic E-state index is 5.64. The molecule has 0 aliphatic carbocycles. The van der Waals surface area contributed by atoms with E-state index in [1.165, 1.54) is 0 Å². The molecule has 1 rings (SSSR count). The smallest absolute Gasteiger partial charge is 0.189 e. The van der Waals surface area contributed by atoms with Crippen molar-refractivity contribution in [1.82, 2.24) is 5.32 Å². The van der Waals surface area contributed by atoms with Gasteiger partial charge < -0.3 is 19.5 Å². The normalized spacial score (nSPS) is 11.4. The first-order valence-electron chi connectivity index (χ1n) is 6.58. The van der Waals surface area contributed by atoms with Gasteiger partial charge in [-0.3, -0.25) is 0 Å². The molecule has 4 heteroatoms. The molecule has 0 atom stereocenters. The molecule has 4 nitrogen and oxygen atoms in total. The molecule has 0 amide bonds. The Morgan fingerprint density at radius 2 is 1.95 bits per heavy atom. The van der Waals surface area contributed by atoms with Crippen LogP contribution in [0.25, 0.3) is 0 Å². The average Bonchev–Trinajstić information content (AvgIpc) is 2.36. The summed E-state index contributed by atoms with van der Waals surface area (Å²) in [7, 11) is 1.65. The van der Waals surface area contributed by atoms with E-state index in [9.17, 15) is 0 Å². The first kappa shape index (κ1) is 15.8. The summed E-state index contributed by atoms with van der Waals surface area (Å²) < 4.78 is 16.1. The van der Waals surface area contributed by atoms with E-state index in [0.29, 0.717) is 6.61 Å². The molecule has 0 heterocycles. The monoisotopic (exact) mass is 267 g/mol. The lowest BCUT2D eigenvalue weighted by Crippen LogP contribution is -2.35. The molecule has 1 aromatic carbocycles. The van der Waals surface area contributed by atoms with E-state index in [0.717, 1.165) is 23.6 Å². The second-order valence-corrected chi connectivity index (χ2v) is 5.33. The van der Waals surface area contributed by atoms with Gasteiger partial charge in [0.25, 0.3) is 0 Å². The first-order valence-corrected chi connectivity index (χ1v) is 6.58. The molecular formula is C15H25NO3. The van der Waals surface area contributed by atoms with Gasteiger partial charge in [0.2, 0.25) is 0 Å². The molecule has 0 aliphatic heterocycles. The summed E-state index contributed by atoms with van der Waals surface area (Å²) in [4.78, 5) is 0. The van der Waals surface area contributed by atoms with Crippen LogP contribution < -0.4 is 14.8 Å². The lowest BCUT2D eigenvalue weighted by molar-refractivity contribution is 0.0216. The highest BCUT2D eigenvalue weighted by atomic mass is 16.7. The van der Waals surface area contributed by atoms with Crippen LogP contribution in [0.2, 0.25) is 0 Å². The lowest BCUT2D eigenvalue weighted by atomic mass is 10.1. The number of nitrogens with one attached hydrogen (secondary N) is 1. The molecule has 0 saturated heterocycles. The third kappa shape index (κ3) is 5.94. The van der Waals surface area contributed by atoms with E-state index < -0.39 is 0 Å². The van der Waals surface area contributed by atoms with Crippen LogP contribution in [0.15, 0.2) is 18.2 Å². The molecule has 0 unspecified atom stereocenters. The first-order chi connectivity index (χ1) is 8.96. The summed E-state index contributed by atoms with van der Waals surface area (Å²) in [6.45, 7) is 9.99. The quantitative estimate of drug-likeness (QED) is 0.609. The summed E-state index contributed by atoms with van der Waals surface area (Å²) in [6, 6.07) is 5.84. The molecule has 0 radical (unpaired) electrons. The Kier molecular flexibility index (Phi) is 6.12. The molecule has 0 aliphatic rings. The molecule has 1 N–H and O–H groups in total. The minimum absolute atomic E-state index is 0.0666. The van der Waals surface area contributed by atoms with Gasteiger partial charge in [0, 0.05) is 30.3 Å². The van der Waals surface area contributed by atoms with E-state index in [2.05, 4.69) is 26.1 Å². The fourth-order valence-electron chi connectivity index (χ4n) is 1.49. The van der Waals surface area contributed by atoms with Crippen molar-refractivity contribution in [3.63, 3.8) is 0 Å². The topological polar surface area (TPSA) is 39.7 Å². The number of hydrogen-bond acceptors (Lipinski definition) is 4. The highest BCUT2D eigenvalue weighted by Gasteiger charge is 2.12. The summed E-state index contributed by atoms with van der Waals surface area (Å²) in [6.07, 6.45) is 0. The predicted octanol–water partition coefficient (Wildman–Crippen LogP) is 2.96. The van der Waals surface area contributed by atoms with Crippen molar-refractivity contribution >= 4 is 0 Å². The van der Waals surface area contributed by atoms with E-state index in [4.69, 9.17) is 14.2 Å². The fourth-order valence-corrected chi connectivity index (χ4v) is 1.49. The zero-order valence-electron chi connectivity index (χ0n) is 12.6. The van der Waals surface area contributed by atoms with E-state index >= 15 is 0 Å². The van der Waals surface area contributed by atoms with Gasteiger partial charge in [0.15, 0.2) is 6.79 Å². The van der Waals surface area contributed by atoms with Gasteiger partial charge in [0.1, 0.15) is 11.5 Å². The van der Waals surface area contributed by atoms with Crippen molar-refractivity contribution in [2.75, 3.05) is 20.5 Å². The van der Waals surface area contributed by atoms with Gasteiger partial charge in [0.05, 0.1) is 7.11 Å². The second-order valence-electron chi connectivity index (χ2n) is 5.33. The Hall–Kier alpha value is -1.26. The van der Waals surface area contributed by atoms with Crippen LogP contribution in [-0.4, -0.2) is 26.0 Å². The Morgan fingerprint density at radius 3 is 2.53 bits per heavy atom. The SMILES string of the molecule is CCOCOc1cc(OC)ccc1CNC(C)(C)C. The Morgan fingerprint density at radius 1 is 1.21 bits per heavy atom. The number of benzene rings is 1. The molecule has 0 aromatic heterocycles. The minimum Gasteiger partial charge on any atom is -0.497 e. The lowest BCUT2D eigenvalue weighted by Gasteiger charge is -2.22. The maximum absolute atomic E-state index is 5.64. The summed E-state index contributed by atoms with van der Waals surface area (Å²) in [5.74, 6) is 1.58. The van der Waals surface area contributed by atoms with E-state index in [1.54, 1.807) is 7.11 Å². The third-order valence-electron chi connectivity index (χ3n) is 2.59. The fraction of sp³-hybridized carbons (Fsp3) is 0.600. The molecule has 108 valence electrons. The van der Waals surface area contributed by atoms with Crippen LogP contribution >= 0.6 is 0 Å². The zero-order valence-corrected chi connectivity index (χ0v) is 12.6. The van der Waals surface area contributed by atoms with Crippen molar-refractivity contribution in [3.8, 4) is 11.5 Å². The summed E-state index contributed by atoms with van der Waals surface area (Å²) >= 11 is 0. The van der Waals surface area contributed by atoms with Crippen molar-refractivity contribution < 1.29 is 14.2 Å². The van der Waals surface area contributed by atoms with Crippen LogP contribution in [0.1, 0.15) is 33.3 Å². The van der Waals surface area contributed by atoms with Crippen molar-refractivity contribution in [2.45, 2.75) is 39.8 Å². The van der Waals surface area contributed by atoms with Crippen LogP contribution in [-0.2, 0) is 11.3 Å². The zero-order chi connectivity index (χ0) is 14.3. The van der Waals surface area contributed by atoms with Crippen molar-refractivity contribution in [1.29, 1.82) is 0 Å². The standard InChI is InChI=1S/C15H25NO3/c1-6-18-11-19-14-9-13(17-5)8-7-12(14)10-16-15(2,3)4/h7-9,16H,6,10-11H2,1-5H3. The molecule has 0 fully saturated rings. The third-order valence-corrected chi connectivity index (χ3v) is 2.59. The Balaban J connectivity index is 2.76. The summed E-state index contributed by atoms with van der Waals surface area (Å²) in [5, 5.41) is 3.44. The summed E-state index contributed by atoms with van der Waals surface area (Å²) in [5.41, 5.74) is 1.16.